The molecule has 0 atom stereocenters. The molecule has 0 fully saturated rings. The highest BCUT2D eigenvalue weighted by Gasteiger charge is 2.29. The third-order valence-corrected chi connectivity index (χ3v) is 3.27. The summed E-state index contributed by atoms with van der Waals surface area (Å²) in [5.74, 6) is 0.330. The third-order valence-electron chi connectivity index (χ3n) is 3.27. The average molecular weight is 236 g/mol. The van der Waals surface area contributed by atoms with E-state index in [0.717, 1.165) is 16.7 Å². The lowest BCUT2D eigenvalue weighted by Crippen LogP contribution is -2.25. The van der Waals surface area contributed by atoms with Crippen LogP contribution in [0.1, 0.15) is 51.3 Å². The number of aryl methyl sites for hydroxylation is 1. The quantitative estimate of drug-likeness (QED) is 0.827. The second-order valence-electron chi connectivity index (χ2n) is 6.45. The average Bonchev–Trinajstić information content (AvgIpc) is 2.15. The van der Waals surface area contributed by atoms with Crippen molar-refractivity contribution in [2.75, 3.05) is 6.61 Å². The van der Waals surface area contributed by atoms with Crippen LogP contribution in [-0.2, 0) is 10.8 Å². The Morgan fingerprint density at radius 3 is 2.00 bits per heavy atom. The number of aliphatic hydroxyl groups is 1. The van der Waals surface area contributed by atoms with Gasteiger partial charge in [-0.25, -0.2) is 0 Å². The zero-order valence-corrected chi connectivity index (χ0v) is 11.8. The van der Waals surface area contributed by atoms with Gasteiger partial charge in [0, 0.05) is 11.0 Å². The monoisotopic (exact) mass is 236 g/mol. The lowest BCUT2D eigenvalue weighted by Gasteiger charge is -2.30. The van der Waals surface area contributed by atoms with Gasteiger partial charge in [0.25, 0.3) is 0 Å². The summed E-state index contributed by atoms with van der Waals surface area (Å²) < 4.78 is 0. The van der Waals surface area contributed by atoms with Gasteiger partial charge in [0.1, 0.15) is 5.75 Å². The van der Waals surface area contributed by atoms with Crippen molar-refractivity contribution in [3.63, 3.8) is 0 Å². The number of aliphatic hydroxyl groups excluding tert-OH is 1. The van der Waals surface area contributed by atoms with Gasteiger partial charge in [-0.05, 0) is 23.5 Å². The van der Waals surface area contributed by atoms with Crippen LogP contribution in [0.15, 0.2) is 12.1 Å². The van der Waals surface area contributed by atoms with Crippen molar-refractivity contribution in [1.82, 2.24) is 0 Å². The molecule has 0 amide bonds. The molecule has 1 rings (SSSR count). The van der Waals surface area contributed by atoms with Crippen molar-refractivity contribution >= 4 is 0 Å². The second kappa shape index (κ2) is 4.34. The van der Waals surface area contributed by atoms with E-state index in [1.165, 1.54) is 0 Å². The predicted molar refractivity (Wildman–Crippen MR) is 71.7 cm³/mol. The summed E-state index contributed by atoms with van der Waals surface area (Å²) in [5, 5.41) is 19.9. The third kappa shape index (κ3) is 2.63. The fourth-order valence-electron chi connectivity index (χ4n) is 2.23. The van der Waals surface area contributed by atoms with Gasteiger partial charge in [-0.15, -0.1) is 0 Å². The van der Waals surface area contributed by atoms with E-state index in [0.29, 0.717) is 5.75 Å². The summed E-state index contributed by atoms with van der Waals surface area (Å²) in [6.45, 7) is 12.1. The first-order valence-electron chi connectivity index (χ1n) is 6.05. The van der Waals surface area contributed by atoms with Crippen molar-refractivity contribution in [2.24, 2.45) is 0 Å². The molecule has 0 saturated heterocycles. The minimum Gasteiger partial charge on any atom is -0.507 e. The van der Waals surface area contributed by atoms with Crippen molar-refractivity contribution in [3.05, 3.63) is 28.8 Å². The summed E-state index contributed by atoms with van der Waals surface area (Å²) in [7, 11) is 0. The Bertz CT molecular complexity index is 412. The number of hydrogen-bond donors (Lipinski definition) is 2. The number of phenols is 1. The fourth-order valence-corrected chi connectivity index (χ4v) is 2.23. The molecule has 2 nitrogen and oxygen atoms in total. The van der Waals surface area contributed by atoms with Gasteiger partial charge in [0.15, 0.2) is 0 Å². The Balaban J connectivity index is 3.51. The van der Waals surface area contributed by atoms with Crippen LogP contribution < -0.4 is 0 Å². The van der Waals surface area contributed by atoms with Gasteiger partial charge in [-0.1, -0.05) is 46.8 Å². The highest BCUT2D eigenvalue weighted by molar-refractivity contribution is 5.51. The number of rotatable bonds is 2. The molecule has 0 aliphatic rings. The van der Waals surface area contributed by atoms with Crippen LogP contribution >= 0.6 is 0 Å². The van der Waals surface area contributed by atoms with Gasteiger partial charge in [-0.3, -0.25) is 0 Å². The van der Waals surface area contributed by atoms with Crippen molar-refractivity contribution in [2.45, 2.75) is 52.4 Å². The zero-order chi connectivity index (χ0) is 13.4. The van der Waals surface area contributed by atoms with Crippen LogP contribution in [0.4, 0.5) is 0 Å². The molecule has 0 saturated carbocycles. The van der Waals surface area contributed by atoms with E-state index in [-0.39, 0.29) is 12.0 Å². The van der Waals surface area contributed by atoms with Gasteiger partial charge in [-0.2, -0.15) is 0 Å². The van der Waals surface area contributed by atoms with Crippen LogP contribution in [0.2, 0.25) is 0 Å². The highest BCUT2D eigenvalue weighted by Crippen LogP contribution is 2.40. The number of benzene rings is 1. The van der Waals surface area contributed by atoms with E-state index in [9.17, 15) is 10.2 Å². The van der Waals surface area contributed by atoms with E-state index in [1.807, 2.05) is 32.9 Å². The maximum Gasteiger partial charge on any atom is 0.123 e. The summed E-state index contributed by atoms with van der Waals surface area (Å²) in [6.07, 6.45) is 0. The van der Waals surface area contributed by atoms with Gasteiger partial charge in [0.05, 0.1) is 6.61 Å². The van der Waals surface area contributed by atoms with E-state index >= 15 is 0 Å². The van der Waals surface area contributed by atoms with Crippen molar-refractivity contribution in [3.8, 4) is 5.75 Å². The second-order valence-corrected chi connectivity index (χ2v) is 6.45. The number of aromatic hydroxyl groups is 1. The Kier molecular flexibility index (Phi) is 3.58. The van der Waals surface area contributed by atoms with Gasteiger partial charge < -0.3 is 10.2 Å². The molecule has 17 heavy (non-hydrogen) atoms. The fraction of sp³-hybridized carbons (Fsp3) is 0.600. The maximum atomic E-state index is 10.5. The van der Waals surface area contributed by atoms with E-state index in [2.05, 4.69) is 20.8 Å². The largest absolute Gasteiger partial charge is 0.507 e. The molecular weight excluding hydrogens is 212 g/mol. The predicted octanol–water partition coefficient (Wildman–Crippen LogP) is 3.27. The van der Waals surface area contributed by atoms with E-state index < -0.39 is 5.41 Å². The number of phenolic OH excluding ortho intramolecular Hbond substituents is 1. The normalized spacial score (nSPS) is 12.9. The standard InChI is InChI=1S/C15H24O2/c1-10-7-8-11(14(2,3)4)13(17)12(10)15(5,6)9-16/h7-8,16-17H,9H2,1-6H3. The van der Waals surface area contributed by atoms with Crippen LogP contribution in [0.25, 0.3) is 0 Å². The van der Waals surface area contributed by atoms with Crippen LogP contribution in [0.3, 0.4) is 0 Å². The Labute approximate surface area is 104 Å². The van der Waals surface area contributed by atoms with Crippen molar-refractivity contribution in [1.29, 1.82) is 0 Å². The lowest BCUT2D eigenvalue weighted by atomic mass is 9.77. The summed E-state index contributed by atoms with van der Waals surface area (Å²) >= 11 is 0. The minimum atomic E-state index is -0.421. The lowest BCUT2D eigenvalue weighted by molar-refractivity contribution is 0.214. The molecule has 1 aromatic rings. The molecule has 96 valence electrons. The Morgan fingerprint density at radius 2 is 1.59 bits per heavy atom. The van der Waals surface area contributed by atoms with E-state index in [4.69, 9.17) is 0 Å². The van der Waals surface area contributed by atoms with Crippen LogP contribution in [0, 0.1) is 6.92 Å². The van der Waals surface area contributed by atoms with Crippen molar-refractivity contribution < 1.29 is 10.2 Å². The molecule has 1 aromatic carbocycles. The van der Waals surface area contributed by atoms with Gasteiger partial charge in [0.2, 0.25) is 0 Å². The molecule has 2 N–H and O–H groups in total. The smallest absolute Gasteiger partial charge is 0.123 e. The zero-order valence-electron chi connectivity index (χ0n) is 11.8. The first-order valence-corrected chi connectivity index (χ1v) is 6.05. The first kappa shape index (κ1) is 14.0. The summed E-state index contributed by atoms with van der Waals surface area (Å²) in [5.41, 5.74) is 2.29. The molecule has 0 aliphatic heterocycles. The van der Waals surface area contributed by atoms with Crippen LogP contribution in [0.5, 0.6) is 5.75 Å². The maximum absolute atomic E-state index is 10.5. The molecule has 0 heterocycles. The molecule has 0 aliphatic carbocycles. The highest BCUT2D eigenvalue weighted by atomic mass is 16.3. The molecule has 0 bridgehead atoms. The van der Waals surface area contributed by atoms with E-state index in [1.54, 1.807) is 0 Å². The van der Waals surface area contributed by atoms with Gasteiger partial charge >= 0.3 is 0 Å². The molecule has 0 radical (unpaired) electrons. The molecule has 0 unspecified atom stereocenters. The number of hydrogen-bond acceptors (Lipinski definition) is 2. The summed E-state index contributed by atoms with van der Waals surface area (Å²) in [6, 6.07) is 3.99. The molecule has 0 aromatic heterocycles. The Hall–Kier alpha value is -1.02. The molecular formula is C15H24O2. The SMILES string of the molecule is Cc1ccc(C(C)(C)C)c(O)c1C(C)(C)CO. The summed E-state index contributed by atoms with van der Waals surface area (Å²) in [4.78, 5) is 0. The molecule has 2 heteroatoms. The minimum absolute atomic E-state index is 0.0228. The first-order chi connectivity index (χ1) is 7.61. The topological polar surface area (TPSA) is 40.5 Å². The Morgan fingerprint density at radius 1 is 1.06 bits per heavy atom. The van der Waals surface area contributed by atoms with Crippen LogP contribution in [-0.4, -0.2) is 16.8 Å². The molecule has 0 spiro atoms.